The second-order valence-corrected chi connectivity index (χ2v) is 6.21. The summed E-state index contributed by atoms with van der Waals surface area (Å²) in [4.78, 5) is 0. The van der Waals surface area contributed by atoms with Crippen LogP contribution in [0.3, 0.4) is 0 Å². The van der Waals surface area contributed by atoms with Crippen LogP contribution in [0, 0.1) is 0 Å². The van der Waals surface area contributed by atoms with Crippen LogP contribution in [0.15, 0.2) is 0 Å². The van der Waals surface area contributed by atoms with E-state index in [-0.39, 0.29) is 43.6 Å². The number of nitrogens with zero attached hydrogens (tertiary/aromatic N) is 1. The summed E-state index contributed by atoms with van der Waals surface area (Å²) in [6.07, 6.45) is 0. The number of hydrogen-bond donors (Lipinski definition) is 0. The SMILES string of the molecule is C[N+](C)(C)C1C2OP21=O.[Ca+2]. The fourth-order valence-corrected chi connectivity index (χ4v) is 4.21. The third-order valence-electron chi connectivity index (χ3n) is 1.91. The van der Waals surface area contributed by atoms with Crippen molar-refractivity contribution >= 4 is 45.1 Å². The van der Waals surface area contributed by atoms with E-state index in [0.717, 1.165) is 4.48 Å². The van der Waals surface area contributed by atoms with Crippen molar-refractivity contribution in [2.24, 2.45) is 0 Å². The Morgan fingerprint density at radius 3 is 1.80 bits per heavy atom. The van der Waals surface area contributed by atoms with E-state index in [1.165, 1.54) is 0 Å². The third kappa shape index (κ3) is 1.12. The molecular formula is C5H11CaNO2P+3. The molecule has 0 aliphatic carbocycles. The first kappa shape index (κ1) is 9.50. The predicted molar refractivity (Wildman–Crippen MR) is 40.1 cm³/mol. The maximum atomic E-state index is 11.1. The van der Waals surface area contributed by atoms with Crippen LogP contribution in [0.25, 0.3) is 0 Å². The fourth-order valence-electron chi connectivity index (χ4n) is 1.32. The van der Waals surface area contributed by atoms with Gasteiger partial charge < -0.3 is 9.01 Å². The van der Waals surface area contributed by atoms with Crippen molar-refractivity contribution < 1.29 is 13.6 Å². The topological polar surface area (TPSA) is 29.6 Å². The van der Waals surface area contributed by atoms with Crippen molar-refractivity contribution in [2.75, 3.05) is 21.1 Å². The average molecular weight is 188 g/mol. The molecule has 3 unspecified atom stereocenters. The molecule has 3 atom stereocenters. The summed E-state index contributed by atoms with van der Waals surface area (Å²) in [5.41, 5.74) is 0. The van der Waals surface area contributed by atoms with E-state index in [2.05, 4.69) is 21.1 Å². The molecule has 2 fully saturated rings. The van der Waals surface area contributed by atoms with Gasteiger partial charge in [-0.25, -0.2) is 0 Å². The molecular weight excluding hydrogens is 177 g/mol. The molecule has 2 rings (SSSR count). The van der Waals surface area contributed by atoms with Gasteiger partial charge in [0, 0.05) is 0 Å². The predicted octanol–water partition coefficient (Wildman–Crippen LogP) is 0.286. The number of hydrogen-bond acceptors (Lipinski definition) is 2. The molecule has 0 aromatic rings. The van der Waals surface area contributed by atoms with Gasteiger partial charge >= 0.3 is 37.7 Å². The molecule has 2 aliphatic heterocycles. The summed E-state index contributed by atoms with van der Waals surface area (Å²) in [6, 6.07) is 0. The summed E-state index contributed by atoms with van der Waals surface area (Å²) in [7, 11) is 4.18. The van der Waals surface area contributed by atoms with Crippen molar-refractivity contribution in [1.82, 2.24) is 0 Å². The van der Waals surface area contributed by atoms with Crippen molar-refractivity contribution in [3.05, 3.63) is 0 Å². The van der Waals surface area contributed by atoms with Gasteiger partial charge in [0.15, 0.2) is 0 Å². The van der Waals surface area contributed by atoms with Gasteiger partial charge in [-0.3, -0.25) is 4.57 Å². The Balaban J connectivity index is 0.000000500. The zero-order chi connectivity index (χ0) is 6.86. The van der Waals surface area contributed by atoms with Crippen LogP contribution in [0.5, 0.6) is 0 Å². The van der Waals surface area contributed by atoms with Crippen LogP contribution >= 0.6 is 7.37 Å². The quantitative estimate of drug-likeness (QED) is 0.256. The van der Waals surface area contributed by atoms with Crippen LogP contribution < -0.4 is 0 Å². The maximum Gasteiger partial charge on any atom is 2.00 e. The molecule has 0 aromatic carbocycles. The van der Waals surface area contributed by atoms with E-state index < -0.39 is 7.37 Å². The van der Waals surface area contributed by atoms with Crippen LogP contribution in [-0.4, -0.2) is 75.0 Å². The number of fused-ring (bicyclic) bond motifs is 1. The van der Waals surface area contributed by atoms with Gasteiger partial charge in [-0.2, -0.15) is 0 Å². The van der Waals surface area contributed by atoms with Crippen LogP contribution in [0.1, 0.15) is 0 Å². The average Bonchev–Trinajstić information content (AvgIpc) is 2.17. The molecule has 3 nitrogen and oxygen atoms in total. The number of quaternary nitrogens is 1. The molecule has 5 heteroatoms. The first-order chi connectivity index (χ1) is 3.96. The van der Waals surface area contributed by atoms with E-state index in [1.807, 2.05) is 0 Å². The van der Waals surface area contributed by atoms with Gasteiger partial charge in [-0.1, -0.05) is 0 Å². The Hall–Kier alpha value is 1.41. The second kappa shape index (κ2) is 2.21. The van der Waals surface area contributed by atoms with Gasteiger partial charge in [0.2, 0.25) is 11.6 Å². The summed E-state index contributed by atoms with van der Waals surface area (Å²) >= 11 is 0. The largest absolute Gasteiger partial charge is 2.00 e. The van der Waals surface area contributed by atoms with Crippen molar-refractivity contribution in [1.29, 1.82) is 0 Å². The standard InChI is InChI=1S/C5H11NO2P.Ca/c1-6(2,3)4-5-8-9(4,5)7;/h4-5H,1-3H3;/q+1;+2. The van der Waals surface area contributed by atoms with E-state index in [0.29, 0.717) is 5.78 Å². The molecule has 0 N–H and O–H groups in total. The minimum Gasteiger partial charge on any atom is -0.318 e. The van der Waals surface area contributed by atoms with Gasteiger partial charge in [0.25, 0.3) is 7.37 Å². The molecule has 0 amide bonds. The molecule has 0 spiro atoms. The zero-order valence-electron chi connectivity index (χ0n) is 6.57. The van der Waals surface area contributed by atoms with E-state index >= 15 is 0 Å². The molecule has 0 aromatic heterocycles. The van der Waals surface area contributed by atoms with Crippen molar-refractivity contribution in [3.63, 3.8) is 0 Å². The normalized spacial score (nSPS) is 49.1. The Morgan fingerprint density at radius 2 is 1.80 bits per heavy atom. The first-order valence-electron chi connectivity index (χ1n) is 3.05. The Morgan fingerprint density at radius 1 is 1.40 bits per heavy atom. The van der Waals surface area contributed by atoms with Crippen molar-refractivity contribution in [2.45, 2.75) is 11.6 Å². The monoisotopic (exact) mass is 188 g/mol. The molecule has 10 heavy (non-hydrogen) atoms. The van der Waals surface area contributed by atoms with Gasteiger partial charge in [0.1, 0.15) is 0 Å². The maximum absolute atomic E-state index is 11.1. The molecule has 52 valence electrons. The summed E-state index contributed by atoms with van der Waals surface area (Å²) < 4.78 is 16.8. The summed E-state index contributed by atoms with van der Waals surface area (Å²) in [5, 5.41) is 0. The van der Waals surface area contributed by atoms with E-state index in [9.17, 15) is 4.57 Å². The van der Waals surface area contributed by atoms with E-state index in [4.69, 9.17) is 4.52 Å². The van der Waals surface area contributed by atoms with Crippen molar-refractivity contribution in [3.8, 4) is 0 Å². The molecule has 2 aliphatic rings. The van der Waals surface area contributed by atoms with Crippen LogP contribution in [0.2, 0.25) is 0 Å². The minimum absolute atomic E-state index is 0. The molecule has 2 heterocycles. The van der Waals surface area contributed by atoms with Crippen LogP contribution in [-0.2, 0) is 9.09 Å². The Bertz CT molecular complexity index is 212. The zero-order valence-corrected chi connectivity index (χ0v) is 9.68. The van der Waals surface area contributed by atoms with E-state index in [1.54, 1.807) is 0 Å². The van der Waals surface area contributed by atoms with Crippen LogP contribution in [0.4, 0.5) is 0 Å². The number of likely N-dealkylation sites (N-methyl/N-ethyl adjacent to an activating group) is 1. The summed E-state index contributed by atoms with van der Waals surface area (Å²) in [6.45, 7) is 0. The first-order valence-corrected chi connectivity index (χ1v) is 4.81. The molecule has 2 saturated heterocycles. The van der Waals surface area contributed by atoms with Gasteiger partial charge in [0.05, 0.1) is 21.1 Å². The molecule has 0 bridgehead atoms. The Kier molecular flexibility index (Phi) is 2.10. The van der Waals surface area contributed by atoms with Gasteiger partial charge in [-0.15, -0.1) is 0 Å². The number of rotatable bonds is 1. The smallest absolute Gasteiger partial charge is 0.318 e. The fraction of sp³-hybridized carbons (Fsp3) is 1.00. The Labute approximate surface area is 90.8 Å². The van der Waals surface area contributed by atoms with Gasteiger partial charge in [-0.05, 0) is 0 Å². The third-order valence-corrected chi connectivity index (χ3v) is 4.71. The summed E-state index contributed by atoms with van der Waals surface area (Å²) in [5.74, 6) is 0.481. The molecule has 0 saturated carbocycles. The molecule has 0 radical (unpaired) electrons. The second-order valence-electron chi connectivity index (χ2n) is 3.67. The minimum atomic E-state index is -1.98.